The zero-order valence-corrected chi connectivity index (χ0v) is 27.5. The number of aliphatic hydroxyl groups is 1. The largest absolute Gasteiger partial charge is 0.454 e. The van der Waals surface area contributed by atoms with Gasteiger partial charge in [-0.2, -0.15) is 0 Å². The van der Waals surface area contributed by atoms with Crippen LogP contribution in [0.1, 0.15) is 43.1 Å². The molecule has 2 aliphatic rings. The third-order valence-electron chi connectivity index (χ3n) is 8.74. The third-order valence-corrected chi connectivity index (χ3v) is 8.74. The van der Waals surface area contributed by atoms with E-state index in [1.54, 1.807) is 91.0 Å². The number of hydrogen-bond donors (Lipinski definition) is 2. The lowest BCUT2D eigenvalue weighted by Gasteiger charge is -2.53. The van der Waals surface area contributed by atoms with E-state index in [0.29, 0.717) is 6.42 Å². The standard InChI is InChI=1S/C39H37NO11/c41-25-39-30(31(48-34(42)27-16-7-2-8-17-27)33(39)50-36(44)29-20-11-4-12-21-29)32(49-35(43)28-18-9-3-10-19-28)37(51-39)46-23-13-22-40-38(45)47-24-26-14-5-1-6-15-26/h1-12,14-21,30-33,37,41H,13,22-25H2,(H,40,45)/t30?,31-,32-,33+,37+,39?/m1/s1. The van der Waals surface area contributed by atoms with Gasteiger partial charge >= 0.3 is 24.0 Å². The lowest BCUT2D eigenvalue weighted by Crippen LogP contribution is -2.74. The van der Waals surface area contributed by atoms with E-state index < -0.39 is 66.7 Å². The number of nitrogens with one attached hydrogen (secondary N) is 1. The molecule has 2 unspecified atom stereocenters. The quantitative estimate of drug-likeness (QED) is 0.107. The Hall–Kier alpha value is -5.56. The van der Waals surface area contributed by atoms with E-state index in [-0.39, 0.29) is 36.4 Å². The van der Waals surface area contributed by atoms with Crippen LogP contribution in [0.3, 0.4) is 0 Å². The summed E-state index contributed by atoms with van der Waals surface area (Å²) in [4.78, 5) is 52.2. The van der Waals surface area contributed by atoms with Gasteiger partial charge in [-0.05, 0) is 48.4 Å². The second-order valence-electron chi connectivity index (χ2n) is 12.0. The molecule has 6 atom stereocenters. The number of esters is 3. The Morgan fingerprint density at radius 1 is 0.667 bits per heavy atom. The Morgan fingerprint density at radius 3 is 1.69 bits per heavy atom. The summed E-state index contributed by atoms with van der Waals surface area (Å²) in [7, 11) is 0. The highest BCUT2D eigenvalue weighted by molar-refractivity contribution is 5.91. The van der Waals surface area contributed by atoms with Crippen LogP contribution in [0.25, 0.3) is 0 Å². The molecule has 1 heterocycles. The van der Waals surface area contributed by atoms with Crippen molar-refractivity contribution in [3.05, 3.63) is 144 Å². The number of carbonyl (C=O) groups is 4. The predicted molar refractivity (Wildman–Crippen MR) is 180 cm³/mol. The maximum absolute atomic E-state index is 13.4. The van der Waals surface area contributed by atoms with Gasteiger partial charge in [0.2, 0.25) is 0 Å². The van der Waals surface area contributed by atoms with Crippen LogP contribution >= 0.6 is 0 Å². The van der Waals surface area contributed by atoms with Gasteiger partial charge in [0.1, 0.15) is 12.2 Å². The summed E-state index contributed by atoms with van der Waals surface area (Å²) in [5.74, 6) is -3.14. The Morgan fingerprint density at radius 2 is 1.16 bits per heavy atom. The van der Waals surface area contributed by atoms with Gasteiger partial charge in [0, 0.05) is 6.54 Å². The SMILES string of the molecule is O=C(NCCCO[C@H]1OC2(CO)C([C@H]1OC(=O)c1ccccc1)[C@@H](OC(=O)c1ccccc1)[C@@H]2OC(=O)c1ccccc1)OCc1ccccc1. The first-order valence-electron chi connectivity index (χ1n) is 16.5. The van der Waals surface area contributed by atoms with E-state index in [1.807, 2.05) is 30.3 Å². The zero-order chi connectivity index (χ0) is 35.6. The van der Waals surface area contributed by atoms with Crippen LogP contribution in [0, 0.1) is 5.92 Å². The number of carbonyl (C=O) groups excluding carboxylic acids is 4. The van der Waals surface area contributed by atoms with Crippen molar-refractivity contribution in [3.8, 4) is 0 Å². The van der Waals surface area contributed by atoms with Crippen LogP contribution < -0.4 is 5.32 Å². The van der Waals surface area contributed by atoms with Gasteiger partial charge in [0.15, 0.2) is 24.6 Å². The topological polar surface area (TPSA) is 156 Å². The minimum atomic E-state index is -1.65. The molecule has 12 heteroatoms. The number of aliphatic hydroxyl groups excluding tert-OH is 1. The normalized spacial score (nSPS) is 23.2. The first-order valence-corrected chi connectivity index (χ1v) is 16.5. The average molecular weight is 696 g/mol. The number of ether oxygens (including phenoxy) is 6. The lowest BCUT2D eigenvalue weighted by atomic mass is 9.63. The maximum Gasteiger partial charge on any atom is 0.407 e. The van der Waals surface area contributed by atoms with E-state index in [9.17, 15) is 24.3 Å². The molecule has 12 nitrogen and oxygen atoms in total. The van der Waals surface area contributed by atoms with Gasteiger partial charge in [-0.25, -0.2) is 19.2 Å². The molecule has 4 aromatic rings. The van der Waals surface area contributed by atoms with Gasteiger partial charge < -0.3 is 38.8 Å². The molecule has 1 saturated carbocycles. The number of benzene rings is 4. The summed E-state index contributed by atoms with van der Waals surface area (Å²) in [5.41, 5.74) is -0.0856. The first-order chi connectivity index (χ1) is 24.9. The van der Waals surface area contributed by atoms with Crippen molar-refractivity contribution in [3.63, 3.8) is 0 Å². The Balaban J connectivity index is 1.19. The van der Waals surface area contributed by atoms with E-state index in [0.717, 1.165) is 5.56 Å². The highest BCUT2D eigenvalue weighted by Gasteiger charge is 2.77. The molecular weight excluding hydrogens is 658 g/mol. The summed E-state index contributed by atoms with van der Waals surface area (Å²) < 4.78 is 35.4. The highest BCUT2D eigenvalue weighted by Crippen LogP contribution is 2.55. The predicted octanol–water partition coefficient (Wildman–Crippen LogP) is 4.71. The molecule has 0 spiro atoms. The molecule has 264 valence electrons. The number of amides is 1. The zero-order valence-electron chi connectivity index (χ0n) is 27.5. The van der Waals surface area contributed by atoms with Gasteiger partial charge in [0.05, 0.1) is 35.8 Å². The minimum absolute atomic E-state index is 0.0280. The number of rotatable bonds is 14. The number of hydrogen-bond acceptors (Lipinski definition) is 11. The van der Waals surface area contributed by atoms with Crippen LogP contribution in [0.2, 0.25) is 0 Å². The molecule has 1 aliphatic heterocycles. The first kappa shape index (κ1) is 35.3. The van der Waals surface area contributed by atoms with Gasteiger partial charge in [-0.3, -0.25) is 0 Å². The van der Waals surface area contributed by atoms with Crippen molar-refractivity contribution in [2.45, 2.75) is 43.2 Å². The van der Waals surface area contributed by atoms with E-state index >= 15 is 0 Å². The Kier molecular flexibility index (Phi) is 11.4. The van der Waals surface area contributed by atoms with Crippen LogP contribution in [0.4, 0.5) is 4.79 Å². The summed E-state index contributed by atoms with van der Waals surface area (Å²) in [6.45, 7) is -0.347. The van der Waals surface area contributed by atoms with E-state index in [1.165, 1.54) is 0 Å². The Labute approximate surface area is 294 Å². The van der Waals surface area contributed by atoms with E-state index in [4.69, 9.17) is 28.4 Å². The van der Waals surface area contributed by atoms with Crippen LogP contribution in [-0.4, -0.2) is 79.1 Å². The van der Waals surface area contributed by atoms with Gasteiger partial charge in [-0.1, -0.05) is 84.9 Å². The third kappa shape index (κ3) is 8.09. The van der Waals surface area contributed by atoms with E-state index in [2.05, 4.69) is 5.32 Å². The molecular formula is C39H37NO11. The molecule has 2 fully saturated rings. The number of alkyl carbamates (subject to hydrolysis) is 1. The van der Waals surface area contributed by atoms with Crippen LogP contribution in [-0.2, 0) is 35.0 Å². The summed E-state index contributed by atoms with van der Waals surface area (Å²) in [5, 5.41) is 13.5. The summed E-state index contributed by atoms with van der Waals surface area (Å²) in [6, 6.07) is 34.0. The fraction of sp³-hybridized carbons (Fsp3) is 0.282. The van der Waals surface area contributed by atoms with Crippen molar-refractivity contribution in [1.82, 2.24) is 5.32 Å². The van der Waals surface area contributed by atoms with Crippen molar-refractivity contribution < 1.29 is 52.7 Å². The van der Waals surface area contributed by atoms with Crippen molar-refractivity contribution in [2.24, 2.45) is 5.92 Å². The molecule has 51 heavy (non-hydrogen) atoms. The molecule has 6 rings (SSSR count). The fourth-order valence-corrected chi connectivity index (χ4v) is 6.20. The van der Waals surface area contributed by atoms with Gasteiger partial charge in [-0.15, -0.1) is 0 Å². The molecule has 0 aromatic heterocycles. The smallest absolute Gasteiger partial charge is 0.407 e. The molecule has 0 radical (unpaired) electrons. The van der Waals surface area contributed by atoms with Crippen molar-refractivity contribution in [1.29, 1.82) is 0 Å². The molecule has 1 aliphatic carbocycles. The lowest BCUT2D eigenvalue weighted by molar-refractivity contribution is -0.282. The Bertz CT molecular complexity index is 1770. The number of fused-ring (bicyclic) bond motifs is 1. The molecule has 1 amide bonds. The average Bonchev–Trinajstić information content (AvgIpc) is 3.45. The fourth-order valence-electron chi connectivity index (χ4n) is 6.20. The van der Waals surface area contributed by atoms with Crippen molar-refractivity contribution in [2.75, 3.05) is 19.8 Å². The maximum atomic E-state index is 13.4. The molecule has 4 aromatic carbocycles. The second kappa shape index (κ2) is 16.4. The van der Waals surface area contributed by atoms with Crippen LogP contribution in [0.15, 0.2) is 121 Å². The van der Waals surface area contributed by atoms with Gasteiger partial charge in [0.25, 0.3) is 0 Å². The molecule has 1 saturated heterocycles. The minimum Gasteiger partial charge on any atom is -0.454 e. The summed E-state index contributed by atoms with van der Waals surface area (Å²) >= 11 is 0. The molecule has 0 bridgehead atoms. The van der Waals surface area contributed by atoms with Crippen molar-refractivity contribution >= 4 is 24.0 Å². The molecule has 2 N–H and O–H groups in total. The highest BCUT2D eigenvalue weighted by atomic mass is 16.7. The summed E-state index contributed by atoms with van der Waals surface area (Å²) in [6.07, 6.45) is -5.24. The second-order valence-corrected chi connectivity index (χ2v) is 12.0. The van der Waals surface area contributed by atoms with Crippen LogP contribution in [0.5, 0.6) is 0 Å². The monoisotopic (exact) mass is 695 g/mol.